The Balaban J connectivity index is 1.77. The summed E-state index contributed by atoms with van der Waals surface area (Å²) in [7, 11) is 4.08. The van der Waals surface area contributed by atoms with Gasteiger partial charge in [-0.05, 0) is 39.8 Å². The van der Waals surface area contributed by atoms with Gasteiger partial charge in [0.05, 0.1) is 28.5 Å². The molecular weight excluding hydrogens is 439 g/mol. The molecule has 1 aromatic heterocycles. The van der Waals surface area contributed by atoms with Crippen LogP contribution in [0.5, 0.6) is 0 Å². The van der Waals surface area contributed by atoms with Crippen molar-refractivity contribution in [1.82, 2.24) is 9.97 Å². The molecule has 34 heavy (non-hydrogen) atoms. The van der Waals surface area contributed by atoms with Crippen LogP contribution < -0.4 is 15.1 Å². The summed E-state index contributed by atoms with van der Waals surface area (Å²) in [5, 5.41) is 4.05. The number of hydrogen-bond acceptors (Lipinski definition) is 5. The lowest BCUT2D eigenvalue weighted by molar-refractivity contribution is -0.0545. The first-order valence-corrected chi connectivity index (χ1v) is 11.5. The van der Waals surface area contributed by atoms with E-state index in [-0.39, 0.29) is 11.2 Å². The maximum Gasteiger partial charge on any atom is 0.278 e. The van der Waals surface area contributed by atoms with E-state index >= 15 is 4.39 Å². The Morgan fingerprint density at radius 1 is 1.00 bits per heavy atom. The fraction of sp³-hybridized carbons (Fsp3) is 0.462. The highest BCUT2D eigenvalue weighted by Crippen LogP contribution is 2.46. The first-order valence-electron chi connectivity index (χ1n) is 11.5. The highest BCUT2D eigenvalue weighted by Gasteiger charge is 2.40. The van der Waals surface area contributed by atoms with Gasteiger partial charge in [0.1, 0.15) is 23.1 Å². The molecule has 8 heteroatoms. The predicted molar refractivity (Wildman–Crippen MR) is 132 cm³/mol. The number of alkyl halides is 2. The van der Waals surface area contributed by atoms with E-state index in [0.29, 0.717) is 11.6 Å². The van der Waals surface area contributed by atoms with Crippen LogP contribution in [0.3, 0.4) is 0 Å². The molecule has 1 aliphatic rings. The summed E-state index contributed by atoms with van der Waals surface area (Å²) in [6.07, 6.45) is 0. The smallest absolute Gasteiger partial charge is 0.278 e. The van der Waals surface area contributed by atoms with E-state index in [4.69, 9.17) is 0 Å². The highest BCUT2D eigenvalue weighted by molar-refractivity contribution is 5.98. The van der Waals surface area contributed by atoms with Crippen LogP contribution in [-0.2, 0) is 5.92 Å². The van der Waals surface area contributed by atoms with Crippen LogP contribution in [0.15, 0.2) is 30.3 Å². The van der Waals surface area contributed by atoms with E-state index in [9.17, 15) is 8.78 Å². The molecule has 3 aromatic rings. The van der Waals surface area contributed by atoms with Gasteiger partial charge in [-0.2, -0.15) is 0 Å². The van der Waals surface area contributed by atoms with Gasteiger partial charge in [0.15, 0.2) is 0 Å². The third-order valence-corrected chi connectivity index (χ3v) is 7.20. The van der Waals surface area contributed by atoms with Crippen LogP contribution >= 0.6 is 0 Å². The molecule has 1 atom stereocenters. The number of anilines is 3. The van der Waals surface area contributed by atoms with Crippen LogP contribution in [0, 0.1) is 18.7 Å². The second-order valence-corrected chi connectivity index (χ2v) is 9.94. The van der Waals surface area contributed by atoms with Crippen molar-refractivity contribution in [2.45, 2.75) is 59.2 Å². The minimum absolute atomic E-state index is 0.168. The molecule has 1 aliphatic heterocycles. The Hall–Kier alpha value is -3.03. The molecular formula is C26H32F3N5. The maximum absolute atomic E-state index is 15.3. The first kappa shape index (κ1) is 24.1. The summed E-state index contributed by atoms with van der Waals surface area (Å²) in [6.45, 7) is 10.6. The van der Waals surface area contributed by atoms with Crippen molar-refractivity contribution < 1.29 is 13.2 Å². The Kier molecular flexibility index (Phi) is 5.69. The number of nitrogens with zero attached hydrogens (tertiary/aromatic N) is 4. The summed E-state index contributed by atoms with van der Waals surface area (Å²) in [5.41, 5.74) is 2.23. The van der Waals surface area contributed by atoms with E-state index in [1.165, 1.54) is 26.0 Å². The van der Waals surface area contributed by atoms with Gasteiger partial charge in [0.25, 0.3) is 5.92 Å². The molecule has 0 unspecified atom stereocenters. The number of aromatic nitrogens is 2. The van der Waals surface area contributed by atoms with Crippen molar-refractivity contribution in [3.05, 3.63) is 53.1 Å². The lowest BCUT2D eigenvalue weighted by Gasteiger charge is -2.36. The number of rotatable bonds is 5. The molecule has 0 aliphatic carbocycles. The number of fused-ring (bicyclic) bond motifs is 2. The van der Waals surface area contributed by atoms with Crippen molar-refractivity contribution in [3.63, 3.8) is 0 Å². The summed E-state index contributed by atoms with van der Waals surface area (Å²) in [6, 6.07) is 7.64. The largest absolute Gasteiger partial charge is 0.363 e. The molecule has 0 bridgehead atoms. The van der Waals surface area contributed by atoms with Gasteiger partial charge in [0, 0.05) is 31.0 Å². The van der Waals surface area contributed by atoms with Gasteiger partial charge in [-0.15, -0.1) is 0 Å². The predicted octanol–water partition coefficient (Wildman–Crippen LogP) is 6.62. The maximum atomic E-state index is 15.3. The molecule has 0 amide bonds. The third kappa shape index (κ3) is 3.63. The van der Waals surface area contributed by atoms with Crippen LogP contribution in [0.4, 0.5) is 30.4 Å². The van der Waals surface area contributed by atoms with Crippen LogP contribution in [0.25, 0.3) is 10.9 Å². The van der Waals surface area contributed by atoms with Gasteiger partial charge < -0.3 is 15.1 Å². The number of halogens is 3. The van der Waals surface area contributed by atoms with Crippen molar-refractivity contribution in [3.8, 4) is 0 Å². The number of hydrogen-bond donors (Lipinski definition) is 1. The SMILES string of the molecule is Cc1nc(N[C@H](C)c2cccc(C(F)(F)C(C)C)c2F)c2cc3c(cc2n1)N(C)C(C)(C)N3C. The van der Waals surface area contributed by atoms with E-state index < -0.39 is 29.3 Å². The van der Waals surface area contributed by atoms with Crippen molar-refractivity contribution in [2.75, 3.05) is 29.2 Å². The monoisotopic (exact) mass is 471 g/mol. The lowest BCUT2D eigenvalue weighted by Crippen LogP contribution is -2.48. The van der Waals surface area contributed by atoms with Crippen LogP contribution in [-0.4, -0.2) is 29.7 Å². The summed E-state index contributed by atoms with van der Waals surface area (Å²) in [4.78, 5) is 13.6. The normalized spacial score (nSPS) is 16.4. The average Bonchev–Trinajstić information content (AvgIpc) is 2.92. The van der Waals surface area contributed by atoms with Crippen LogP contribution in [0.1, 0.15) is 57.6 Å². The fourth-order valence-electron chi connectivity index (χ4n) is 4.47. The number of nitrogens with one attached hydrogen (secondary N) is 1. The van der Waals surface area contributed by atoms with Gasteiger partial charge in [-0.3, -0.25) is 0 Å². The van der Waals surface area contributed by atoms with E-state index in [0.717, 1.165) is 28.3 Å². The van der Waals surface area contributed by atoms with E-state index in [1.54, 1.807) is 13.8 Å². The number of benzene rings is 2. The topological polar surface area (TPSA) is 44.3 Å². The van der Waals surface area contributed by atoms with E-state index in [2.05, 4.69) is 38.9 Å². The molecule has 182 valence electrons. The van der Waals surface area contributed by atoms with Crippen molar-refractivity contribution >= 4 is 28.1 Å². The Morgan fingerprint density at radius 3 is 2.24 bits per heavy atom. The van der Waals surface area contributed by atoms with E-state index in [1.807, 2.05) is 26.2 Å². The van der Waals surface area contributed by atoms with Gasteiger partial charge in [0.2, 0.25) is 0 Å². The number of aryl methyl sites for hydroxylation is 1. The zero-order valence-electron chi connectivity index (χ0n) is 21.0. The molecule has 2 heterocycles. The second-order valence-electron chi connectivity index (χ2n) is 9.94. The molecule has 5 nitrogen and oxygen atoms in total. The first-order chi connectivity index (χ1) is 15.8. The zero-order valence-corrected chi connectivity index (χ0v) is 21.0. The molecule has 0 fully saturated rings. The van der Waals surface area contributed by atoms with Crippen LogP contribution in [0.2, 0.25) is 0 Å². The van der Waals surface area contributed by atoms with Crippen molar-refractivity contribution in [2.24, 2.45) is 5.92 Å². The molecule has 1 N–H and O–H groups in total. The minimum Gasteiger partial charge on any atom is -0.363 e. The zero-order chi connectivity index (χ0) is 25.2. The second kappa shape index (κ2) is 8.03. The fourth-order valence-corrected chi connectivity index (χ4v) is 4.47. The average molecular weight is 472 g/mol. The minimum atomic E-state index is -3.26. The molecule has 2 aromatic carbocycles. The third-order valence-electron chi connectivity index (χ3n) is 7.20. The lowest BCUT2D eigenvalue weighted by atomic mass is 9.94. The summed E-state index contributed by atoms with van der Waals surface area (Å²) < 4.78 is 44.5. The molecule has 0 saturated carbocycles. The Morgan fingerprint density at radius 2 is 1.62 bits per heavy atom. The molecule has 0 spiro atoms. The highest BCUT2D eigenvalue weighted by atomic mass is 19.3. The molecule has 0 saturated heterocycles. The van der Waals surface area contributed by atoms with Gasteiger partial charge in [-0.1, -0.05) is 32.0 Å². The standard InChI is InChI=1S/C26H32F3N5/c1-14(2)26(28,29)19-11-9-10-17(23(19)27)15(3)30-24-18-12-21-22(13-20(18)31-16(4)32-24)34(8)25(5,6)33(21)7/h9-15H,1-8H3,(H,30,31,32)/t15-/m1/s1. The van der Waals surface area contributed by atoms with Gasteiger partial charge in [-0.25, -0.2) is 23.1 Å². The quantitative estimate of drug-likeness (QED) is 0.453. The molecule has 4 rings (SSSR count). The van der Waals surface area contributed by atoms with Crippen molar-refractivity contribution in [1.29, 1.82) is 0 Å². The van der Waals surface area contributed by atoms with Gasteiger partial charge >= 0.3 is 0 Å². The Bertz CT molecular complexity index is 1250. The Labute approximate surface area is 199 Å². The summed E-state index contributed by atoms with van der Waals surface area (Å²) >= 11 is 0. The summed E-state index contributed by atoms with van der Waals surface area (Å²) in [5.74, 6) is -4.06. The molecule has 0 radical (unpaired) electrons.